The number of carbonyl (C=O) groups excluding carboxylic acids is 1. The molecule has 0 saturated carbocycles. The van der Waals surface area contributed by atoms with Crippen LogP contribution in [0.15, 0.2) is 60.8 Å². The minimum atomic E-state index is -1.15. The van der Waals surface area contributed by atoms with Crippen LogP contribution in [0, 0.1) is 0 Å². The Morgan fingerprint density at radius 1 is 1.07 bits per heavy atom. The van der Waals surface area contributed by atoms with Gasteiger partial charge in [0.2, 0.25) is 5.91 Å². The smallest absolute Gasteiger partial charge is 0.315 e. The van der Waals surface area contributed by atoms with E-state index in [1.54, 1.807) is 31.2 Å². The van der Waals surface area contributed by atoms with Gasteiger partial charge in [-0.15, -0.1) is 0 Å². The molecule has 0 aliphatic heterocycles. The van der Waals surface area contributed by atoms with Gasteiger partial charge in [0.1, 0.15) is 5.41 Å². The standard InChI is InChI=1S/C22H24N2O3/c1-22(21(26)27,17-9-3-2-4-10-17)15-24-20(25)13-7-8-16-14-23-19-12-6-5-11-18(16)19/h2-6,9-12,14,23H,7-8,13,15H2,1H3,(H,24,25)(H,26,27). The monoisotopic (exact) mass is 364 g/mol. The zero-order valence-electron chi connectivity index (χ0n) is 15.4. The van der Waals surface area contributed by atoms with Crippen LogP contribution in [-0.2, 0) is 21.4 Å². The molecule has 3 aromatic rings. The molecule has 1 aromatic heterocycles. The molecule has 0 saturated heterocycles. The molecule has 0 spiro atoms. The first-order chi connectivity index (χ1) is 13.0. The first kappa shape index (κ1) is 18.7. The number of carboxylic acids is 1. The summed E-state index contributed by atoms with van der Waals surface area (Å²) in [5, 5.41) is 13.6. The zero-order chi connectivity index (χ0) is 19.3. The Hall–Kier alpha value is -3.08. The Kier molecular flexibility index (Phi) is 5.60. The highest BCUT2D eigenvalue weighted by Crippen LogP contribution is 2.23. The Morgan fingerprint density at radius 3 is 2.52 bits per heavy atom. The largest absolute Gasteiger partial charge is 0.481 e. The maximum Gasteiger partial charge on any atom is 0.315 e. The molecular weight excluding hydrogens is 340 g/mol. The van der Waals surface area contributed by atoms with Crippen molar-refractivity contribution in [3.05, 3.63) is 71.9 Å². The Morgan fingerprint density at radius 2 is 1.78 bits per heavy atom. The number of rotatable bonds is 8. The first-order valence-electron chi connectivity index (χ1n) is 9.11. The molecule has 27 heavy (non-hydrogen) atoms. The van der Waals surface area contributed by atoms with E-state index in [-0.39, 0.29) is 12.5 Å². The fourth-order valence-corrected chi connectivity index (χ4v) is 3.25. The van der Waals surface area contributed by atoms with E-state index in [9.17, 15) is 14.7 Å². The van der Waals surface area contributed by atoms with E-state index >= 15 is 0 Å². The number of carbonyl (C=O) groups is 2. The van der Waals surface area contributed by atoms with Crippen LogP contribution in [-0.4, -0.2) is 28.5 Å². The van der Waals surface area contributed by atoms with Crippen LogP contribution in [0.4, 0.5) is 0 Å². The van der Waals surface area contributed by atoms with Gasteiger partial charge in [0.15, 0.2) is 0 Å². The van der Waals surface area contributed by atoms with Gasteiger partial charge in [-0.2, -0.15) is 0 Å². The number of hydrogen-bond acceptors (Lipinski definition) is 2. The van der Waals surface area contributed by atoms with Gasteiger partial charge < -0.3 is 15.4 Å². The average Bonchev–Trinajstić information content (AvgIpc) is 3.10. The summed E-state index contributed by atoms with van der Waals surface area (Å²) < 4.78 is 0. The van der Waals surface area contributed by atoms with Crippen molar-refractivity contribution in [2.24, 2.45) is 0 Å². The van der Waals surface area contributed by atoms with Crippen molar-refractivity contribution in [1.82, 2.24) is 10.3 Å². The number of fused-ring (bicyclic) bond motifs is 1. The summed E-state index contributed by atoms with van der Waals surface area (Å²) in [6, 6.07) is 17.1. The molecule has 0 bridgehead atoms. The van der Waals surface area contributed by atoms with Crippen LogP contribution in [0.2, 0.25) is 0 Å². The summed E-state index contributed by atoms with van der Waals surface area (Å²) >= 11 is 0. The van der Waals surface area contributed by atoms with E-state index in [4.69, 9.17) is 0 Å². The second kappa shape index (κ2) is 8.08. The zero-order valence-corrected chi connectivity index (χ0v) is 15.4. The van der Waals surface area contributed by atoms with Gasteiger partial charge in [-0.1, -0.05) is 48.5 Å². The van der Waals surface area contributed by atoms with Gasteiger partial charge in [-0.05, 0) is 37.0 Å². The molecule has 3 N–H and O–H groups in total. The van der Waals surface area contributed by atoms with Gasteiger partial charge in [0.05, 0.1) is 0 Å². The predicted molar refractivity (Wildman–Crippen MR) is 106 cm³/mol. The van der Waals surface area contributed by atoms with Gasteiger partial charge >= 0.3 is 5.97 Å². The number of hydrogen-bond donors (Lipinski definition) is 3. The van der Waals surface area contributed by atoms with Crippen molar-refractivity contribution in [3.63, 3.8) is 0 Å². The highest BCUT2D eigenvalue weighted by atomic mass is 16.4. The van der Waals surface area contributed by atoms with Crippen LogP contribution in [0.3, 0.4) is 0 Å². The van der Waals surface area contributed by atoms with Crippen LogP contribution < -0.4 is 5.32 Å². The third-order valence-corrected chi connectivity index (χ3v) is 5.05. The highest BCUT2D eigenvalue weighted by Gasteiger charge is 2.35. The Bertz CT molecular complexity index is 933. The van der Waals surface area contributed by atoms with Crippen molar-refractivity contribution >= 4 is 22.8 Å². The summed E-state index contributed by atoms with van der Waals surface area (Å²) in [5.74, 6) is -1.08. The van der Waals surface area contributed by atoms with E-state index in [1.807, 2.05) is 30.5 Å². The lowest BCUT2D eigenvalue weighted by Gasteiger charge is -2.25. The van der Waals surface area contributed by atoms with Gasteiger partial charge in [0.25, 0.3) is 0 Å². The van der Waals surface area contributed by atoms with Gasteiger partial charge in [-0.25, -0.2) is 0 Å². The average molecular weight is 364 g/mol. The lowest BCUT2D eigenvalue weighted by Crippen LogP contribution is -2.44. The number of aliphatic carboxylic acids is 1. The van der Waals surface area contributed by atoms with Crippen molar-refractivity contribution in [2.45, 2.75) is 31.6 Å². The van der Waals surface area contributed by atoms with Crippen molar-refractivity contribution in [1.29, 1.82) is 0 Å². The van der Waals surface area contributed by atoms with E-state index in [2.05, 4.69) is 16.4 Å². The van der Waals surface area contributed by atoms with Crippen LogP contribution in [0.25, 0.3) is 10.9 Å². The summed E-state index contributed by atoms with van der Waals surface area (Å²) in [4.78, 5) is 27.2. The Balaban J connectivity index is 1.54. The fourth-order valence-electron chi connectivity index (χ4n) is 3.25. The highest BCUT2D eigenvalue weighted by molar-refractivity contribution is 5.84. The molecular formula is C22H24N2O3. The first-order valence-corrected chi connectivity index (χ1v) is 9.11. The molecule has 1 atom stereocenters. The number of benzene rings is 2. The Labute approximate surface area is 158 Å². The molecule has 0 fully saturated rings. The number of aromatic nitrogens is 1. The second-order valence-electron chi connectivity index (χ2n) is 6.99. The molecule has 1 unspecified atom stereocenters. The summed E-state index contributed by atoms with van der Waals surface area (Å²) in [6.07, 6.45) is 3.86. The number of aromatic amines is 1. The quantitative estimate of drug-likeness (QED) is 0.571. The third-order valence-electron chi connectivity index (χ3n) is 5.05. The van der Waals surface area contributed by atoms with Crippen LogP contribution in [0.1, 0.15) is 30.9 Å². The van der Waals surface area contributed by atoms with Crippen LogP contribution in [0.5, 0.6) is 0 Å². The molecule has 0 aliphatic rings. The topological polar surface area (TPSA) is 82.2 Å². The van der Waals surface area contributed by atoms with Crippen molar-refractivity contribution in [2.75, 3.05) is 6.54 Å². The van der Waals surface area contributed by atoms with Gasteiger partial charge in [0, 0.05) is 30.1 Å². The lowest BCUT2D eigenvalue weighted by atomic mass is 9.82. The normalized spacial score (nSPS) is 13.2. The number of H-pyrrole nitrogens is 1. The van der Waals surface area contributed by atoms with Crippen molar-refractivity contribution in [3.8, 4) is 0 Å². The molecule has 140 valence electrons. The summed E-state index contributed by atoms with van der Waals surface area (Å²) in [6.45, 7) is 1.70. The van der Waals surface area contributed by atoms with Crippen LogP contribution >= 0.6 is 0 Å². The minimum absolute atomic E-state index is 0.0677. The maximum atomic E-state index is 12.2. The third kappa shape index (κ3) is 4.19. The molecule has 0 aliphatic carbocycles. The molecule has 1 heterocycles. The van der Waals surface area contributed by atoms with E-state index in [0.717, 1.165) is 11.9 Å². The maximum absolute atomic E-state index is 12.2. The summed E-state index contributed by atoms with van der Waals surface area (Å²) in [7, 11) is 0. The number of carboxylic acid groups (broad SMARTS) is 1. The second-order valence-corrected chi connectivity index (χ2v) is 6.99. The fraction of sp³-hybridized carbons (Fsp3) is 0.273. The van der Waals surface area contributed by atoms with Gasteiger partial charge in [-0.3, -0.25) is 9.59 Å². The molecule has 3 rings (SSSR count). The number of amides is 1. The predicted octanol–water partition coefficient (Wildman–Crippen LogP) is 3.65. The van der Waals surface area contributed by atoms with E-state index in [0.29, 0.717) is 18.4 Å². The van der Waals surface area contributed by atoms with Crippen molar-refractivity contribution < 1.29 is 14.7 Å². The number of para-hydroxylation sites is 1. The van der Waals surface area contributed by atoms with E-state index < -0.39 is 11.4 Å². The molecule has 5 nitrogen and oxygen atoms in total. The summed E-state index contributed by atoms with van der Waals surface area (Å²) in [5.41, 5.74) is 1.82. The molecule has 1 amide bonds. The molecule has 0 radical (unpaired) electrons. The van der Waals surface area contributed by atoms with E-state index in [1.165, 1.54) is 10.9 Å². The SMILES string of the molecule is CC(CNC(=O)CCCc1c[nH]c2ccccc12)(C(=O)O)c1ccccc1. The molecule has 5 heteroatoms. The lowest BCUT2D eigenvalue weighted by molar-refractivity contribution is -0.143. The number of aryl methyl sites for hydroxylation is 1. The minimum Gasteiger partial charge on any atom is -0.481 e. The molecule has 2 aromatic carbocycles. The number of nitrogens with one attached hydrogen (secondary N) is 2.